The van der Waals surface area contributed by atoms with Gasteiger partial charge in [-0.15, -0.1) is 0 Å². The fourth-order valence-corrected chi connectivity index (χ4v) is 2.81. The SMILES string of the molecule is Fc1cccc(CNC2CCc3ccccc3C2)c1F. The van der Waals surface area contributed by atoms with Gasteiger partial charge in [0.15, 0.2) is 11.6 Å². The zero-order valence-electron chi connectivity index (χ0n) is 11.2. The molecule has 1 nitrogen and oxygen atoms in total. The van der Waals surface area contributed by atoms with E-state index in [1.54, 1.807) is 12.1 Å². The van der Waals surface area contributed by atoms with Gasteiger partial charge in [0.2, 0.25) is 0 Å². The van der Waals surface area contributed by atoms with Gasteiger partial charge in [0, 0.05) is 18.2 Å². The van der Waals surface area contributed by atoms with Crippen LogP contribution in [0, 0.1) is 11.6 Å². The van der Waals surface area contributed by atoms with Gasteiger partial charge < -0.3 is 5.32 Å². The second kappa shape index (κ2) is 5.71. The van der Waals surface area contributed by atoms with Crippen LogP contribution in [0.1, 0.15) is 23.1 Å². The largest absolute Gasteiger partial charge is 0.309 e. The van der Waals surface area contributed by atoms with E-state index in [1.807, 2.05) is 6.07 Å². The van der Waals surface area contributed by atoms with Crippen molar-refractivity contribution in [3.8, 4) is 0 Å². The quantitative estimate of drug-likeness (QED) is 0.900. The number of benzene rings is 2. The van der Waals surface area contributed by atoms with Crippen molar-refractivity contribution in [1.82, 2.24) is 5.32 Å². The van der Waals surface area contributed by atoms with E-state index in [-0.39, 0.29) is 0 Å². The van der Waals surface area contributed by atoms with E-state index in [0.29, 0.717) is 18.2 Å². The van der Waals surface area contributed by atoms with E-state index in [4.69, 9.17) is 0 Å². The van der Waals surface area contributed by atoms with E-state index in [9.17, 15) is 8.78 Å². The molecule has 2 aromatic rings. The molecule has 0 amide bonds. The third-order valence-corrected chi connectivity index (χ3v) is 3.96. The molecule has 1 atom stereocenters. The molecule has 1 aliphatic carbocycles. The number of nitrogens with one attached hydrogen (secondary N) is 1. The van der Waals surface area contributed by atoms with Crippen LogP contribution in [-0.4, -0.2) is 6.04 Å². The zero-order valence-corrected chi connectivity index (χ0v) is 11.2. The molecule has 1 aliphatic rings. The summed E-state index contributed by atoms with van der Waals surface area (Å²) in [5.74, 6) is -1.52. The van der Waals surface area contributed by atoms with Gasteiger partial charge in [-0.1, -0.05) is 36.4 Å². The van der Waals surface area contributed by atoms with Gasteiger partial charge in [-0.2, -0.15) is 0 Å². The Morgan fingerprint density at radius 2 is 1.80 bits per heavy atom. The molecule has 2 aromatic carbocycles. The van der Waals surface area contributed by atoms with Gasteiger partial charge in [0.1, 0.15) is 0 Å². The molecule has 0 spiro atoms. The number of fused-ring (bicyclic) bond motifs is 1. The fraction of sp³-hybridized carbons (Fsp3) is 0.294. The Hall–Kier alpha value is -1.74. The molecule has 0 fully saturated rings. The van der Waals surface area contributed by atoms with Crippen LogP contribution in [0.15, 0.2) is 42.5 Å². The fourth-order valence-electron chi connectivity index (χ4n) is 2.81. The molecular formula is C17H17F2N. The molecule has 3 heteroatoms. The summed E-state index contributed by atoms with van der Waals surface area (Å²) in [6, 6.07) is 13.1. The van der Waals surface area contributed by atoms with Crippen molar-refractivity contribution in [3.63, 3.8) is 0 Å². The minimum Gasteiger partial charge on any atom is -0.309 e. The topological polar surface area (TPSA) is 12.0 Å². The van der Waals surface area contributed by atoms with Crippen LogP contribution in [0.25, 0.3) is 0 Å². The summed E-state index contributed by atoms with van der Waals surface area (Å²) in [4.78, 5) is 0. The maximum atomic E-state index is 13.6. The number of aryl methyl sites for hydroxylation is 1. The lowest BCUT2D eigenvalue weighted by atomic mass is 9.88. The van der Waals surface area contributed by atoms with E-state index in [1.165, 1.54) is 11.1 Å². The Morgan fingerprint density at radius 3 is 2.65 bits per heavy atom. The molecule has 0 heterocycles. The summed E-state index contributed by atoms with van der Waals surface area (Å²) >= 11 is 0. The lowest BCUT2D eigenvalue weighted by Crippen LogP contribution is -2.34. The predicted molar refractivity (Wildman–Crippen MR) is 75.5 cm³/mol. The third-order valence-electron chi connectivity index (χ3n) is 3.96. The predicted octanol–water partition coefficient (Wildman–Crippen LogP) is 3.61. The number of rotatable bonds is 3. The molecule has 0 radical (unpaired) electrons. The summed E-state index contributed by atoms with van der Waals surface area (Å²) < 4.78 is 26.7. The molecule has 0 saturated carbocycles. The average Bonchev–Trinajstić information content (AvgIpc) is 2.48. The van der Waals surface area contributed by atoms with Crippen LogP contribution in [0.5, 0.6) is 0 Å². The van der Waals surface area contributed by atoms with Crippen molar-refractivity contribution in [2.75, 3.05) is 0 Å². The van der Waals surface area contributed by atoms with E-state index < -0.39 is 11.6 Å². The summed E-state index contributed by atoms with van der Waals surface area (Å²) in [6.07, 6.45) is 3.03. The first-order valence-corrected chi connectivity index (χ1v) is 6.97. The summed E-state index contributed by atoms with van der Waals surface area (Å²) in [5.41, 5.74) is 3.15. The molecule has 20 heavy (non-hydrogen) atoms. The van der Waals surface area contributed by atoms with Gasteiger partial charge in [-0.3, -0.25) is 0 Å². The van der Waals surface area contributed by atoms with E-state index in [2.05, 4.69) is 23.5 Å². The van der Waals surface area contributed by atoms with Crippen molar-refractivity contribution in [2.45, 2.75) is 31.8 Å². The first-order chi connectivity index (χ1) is 9.74. The zero-order chi connectivity index (χ0) is 13.9. The van der Waals surface area contributed by atoms with Crippen LogP contribution in [0.4, 0.5) is 8.78 Å². The Labute approximate surface area is 117 Å². The Kier molecular flexibility index (Phi) is 3.79. The van der Waals surface area contributed by atoms with Crippen molar-refractivity contribution in [3.05, 3.63) is 70.8 Å². The van der Waals surface area contributed by atoms with Gasteiger partial charge in [-0.25, -0.2) is 8.78 Å². The van der Waals surface area contributed by atoms with Crippen molar-refractivity contribution < 1.29 is 8.78 Å². The standard InChI is InChI=1S/C17H17F2N/c18-16-7-3-6-14(17(16)19)11-20-15-9-8-12-4-1-2-5-13(12)10-15/h1-7,15,20H,8-11H2. The molecule has 0 aliphatic heterocycles. The molecule has 1 unspecified atom stereocenters. The Morgan fingerprint density at radius 1 is 1.00 bits per heavy atom. The molecular weight excluding hydrogens is 256 g/mol. The van der Waals surface area contributed by atoms with Crippen molar-refractivity contribution in [1.29, 1.82) is 0 Å². The smallest absolute Gasteiger partial charge is 0.163 e. The van der Waals surface area contributed by atoms with Crippen LogP contribution >= 0.6 is 0 Å². The van der Waals surface area contributed by atoms with Gasteiger partial charge >= 0.3 is 0 Å². The van der Waals surface area contributed by atoms with Crippen LogP contribution < -0.4 is 5.32 Å². The lowest BCUT2D eigenvalue weighted by molar-refractivity contribution is 0.442. The molecule has 3 rings (SSSR count). The van der Waals surface area contributed by atoms with Crippen molar-refractivity contribution in [2.24, 2.45) is 0 Å². The average molecular weight is 273 g/mol. The monoisotopic (exact) mass is 273 g/mol. The Balaban J connectivity index is 1.64. The molecule has 0 aromatic heterocycles. The molecule has 0 saturated heterocycles. The number of halogens is 2. The van der Waals surface area contributed by atoms with Gasteiger partial charge in [0.25, 0.3) is 0 Å². The molecule has 104 valence electrons. The van der Waals surface area contributed by atoms with E-state index in [0.717, 1.165) is 25.3 Å². The summed E-state index contributed by atoms with van der Waals surface area (Å²) in [5, 5.41) is 3.34. The highest BCUT2D eigenvalue weighted by Gasteiger charge is 2.18. The number of hydrogen-bond donors (Lipinski definition) is 1. The minimum absolute atomic E-state index is 0.326. The minimum atomic E-state index is -0.779. The lowest BCUT2D eigenvalue weighted by Gasteiger charge is -2.25. The highest BCUT2D eigenvalue weighted by molar-refractivity contribution is 5.30. The normalized spacial score (nSPS) is 17.8. The highest BCUT2D eigenvalue weighted by Crippen LogP contribution is 2.21. The molecule has 1 N–H and O–H groups in total. The Bertz CT molecular complexity index is 610. The highest BCUT2D eigenvalue weighted by atomic mass is 19.2. The maximum Gasteiger partial charge on any atom is 0.163 e. The van der Waals surface area contributed by atoms with Crippen LogP contribution in [0.3, 0.4) is 0 Å². The van der Waals surface area contributed by atoms with Crippen molar-refractivity contribution >= 4 is 0 Å². The summed E-state index contributed by atoms with van der Waals surface area (Å²) in [7, 11) is 0. The van der Waals surface area contributed by atoms with Crippen LogP contribution in [0.2, 0.25) is 0 Å². The van der Waals surface area contributed by atoms with Gasteiger partial charge in [0.05, 0.1) is 0 Å². The first kappa shape index (κ1) is 13.3. The second-order valence-electron chi connectivity index (χ2n) is 5.30. The first-order valence-electron chi connectivity index (χ1n) is 6.97. The second-order valence-corrected chi connectivity index (χ2v) is 5.30. The summed E-state index contributed by atoms with van der Waals surface area (Å²) in [6.45, 7) is 0.371. The third kappa shape index (κ3) is 2.73. The van der Waals surface area contributed by atoms with E-state index >= 15 is 0 Å². The molecule has 0 bridgehead atoms. The van der Waals surface area contributed by atoms with Crippen LogP contribution in [-0.2, 0) is 19.4 Å². The number of hydrogen-bond acceptors (Lipinski definition) is 1. The van der Waals surface area contributed by atoms with Gasteiger partial charge in [-0.05, 0) is 36.5 Å². The maximum absolute atomic E-state index is 13.6.